The van der Waals surface area contributed by atoms with E-state index >= 15 is 0 Å². The third kappa shape index (κ3) is 5.13. The highest BCUT2D eigenvalue weighted by molar-refractivity contribution is 5.99. The van der Waals surface area contributed by atoms with Gasteiger partial charge in [-0.3, -0.25) is 14.5 Å². The van der Waals surface area contributed by atoms with Gasteiger partial charge in [0, 0.05) is 75.4 Å². The molecule has 1 saturated heterocycles. The lowest BCUT2D eigenvalue weighted by Crippen LogP contribution is -2.49. The van der Waals surface area contributed by atoms with E-state index in [1.54, 1.807) is 6.92 Å². The number of hydrogen-bond acceptors (Lipinski definition) is 6. The van der Waals surface area contributed by atoms with Crippen molar-refractivity contribution >= 4 is 17.5 Å². The second kappa shape index (κ2) is 10.3. The van der Waals surface area contributed by atoms with E-state index < -0.39 is 6.10 Å². The quantitative estimate of drug-likeness (QED) is 0.599. The molecule has 2 aromatic carbocycles. The van der Waals surface area contributed by atoms with E-state index in [2.05, 4.69) is 40.6 Å². The second-order valence-corrected chi connectivity index (χ2v) is 11.9. The number of piperidine rings is 1. The van der Waals surface area contributed by atoms with Crippen LogP contribution in [0.2, 0.25) is 0 Å². The fourth-order valence-corrected chi connectivity index (χ4v) is 6.84. The van der Waals surface area contributed by atoms with Crippen molar-refractivity contribution in [1.82, 2.24) is 14.7 Å². The predicted molar refractivity (Wildman–Crippen MR) is 148 cm³/mol. The number of carbonyl (C=O) groups excluding carboxylic acids is 2. The van der Waals surface area contributed by atoms with Crippen LogP contribution in [0.25, 0.3) is 0 Å². The third-order valence-electron chi connectivity index (χ3n) is 9.07. The number of nitrogens with zero attached hydrogens (tertiary/aromatic N) is 4. The van der Waals surface area contributed by atoms with Crippen LogP contribution in [-0.4, -0.2) is 83.0 Å². The number of benzene rings is 2. The van der Waals surface area contributed by atoms with Crippen molar-refractivity contribution in [3.8, 4) is 6.07 Å². The predicted octanol–water partition coefficient (Wildman–Crippen LogP) is 2.89. The molecule has 0 unspecified atom stereocenters. The summed E-state index contributed by atoms with van der Waals surface area (Å²) in [6, 6.07) is 14.8. The van der Waals surface area contributed by atoms with Crippen molar-refractivity contribution in [2.45, 2.75) is 63.1 Å². The van der Waals surface area contributed by atoms with Crippen molar-refractivity contribution in [3.05, 3.63) is 64.2 Å². The van der Waals surface area contributed by atoms with E-state index in [1.807, 2.05) is 21.9 Å². The number of carbonyl (C=O) groups is 2. The highest BCUT2D eigenvalue weighted by atomic mass is 16.3. The second-order valence-electron chi connectivity index (χ2n) is 11.9. The Labute approximate surface area is 230 Å². The van der Waals surface area contributed by atoms with Gasteiger partial charge < -0.3 is 20.2 Å². The molecule has 1 saturated carbocycles. The van der Waals surface area contributed by atoms with Gasteiger partial charge >= 0.3 is 0 Å². The van der Waals surface area contributed by atoms with E-state index in [9.17, 15) is 20.0 Å². The summed E-state index contributed by atoms with van der Waals surface area (Å²) in [6.45, 7) is 6.12. The first-order valence-corrected chi connectivity index (χ1v) is 14.2. The van der Waals surface area contributed by atoms with Crippen molar-refractivity contribution in [1.29, 1.82) is 5.26 Å². The number of β-amino-alcohol motifs (C(OH)–C–C–N with tert-alkyl or cyclic N) is 1. The summed E-state index contributed by atoms with van der Waals surface area (Å²) in [6.07, 6.45) is 3.90. The van der Waals surface area contributed by atoms with Crippen LogP contribution >= 0.6 is 0 Å². The molecule has 6 rings (SSSR count). The number of nitrogens with one attached hydrogen (secondary N) is 1. The first kappa shape index (κ1) is 25.8. The number of aliphatic hydroxyl groups is 1. The molecule has 2 N–H and O–H groups in total. The Hall–Kier alpha value is -3.41. The van der Waals surface area contributed by atoms with Gasteiger partial charge in [-0.2, -0.15) is 5.26 Å². The number of amides is 2. The summed E-state index contributed by atoms with van der Waals surface area (Å²) in [5.74, 6) is -0.00109. The van der Waals surface area contributed by atoms with Gasteiger partial charge in [0.25, 0.3) is 5.91 Å². The maximum atomic E-state index is 13.8. The number of fused-ring (bicyclic) bond motifs is 3. The number of likely N-dealkylation sites (tertiary alicyclic amines) is 1. The van der Waals surface area contributed by atoms with Gasteiger partial charge in [0.2, 0.25) is 5.91 Å². The van der Waals surface area contributed by atoms with E-state index in [0.717, 1.165) is 56.4 Å². The molecule has 3 heterocycles. The summed E-state index contributed by atoms with van der Waals surface area (Å²) in [7, 11) is 0. The first-order valence-electron chi connectivity index (χ1n) is 14.2. The largest absolute Gasteiger partial charge is 0.390 e. The fraction of sp³-hybridized carbons (Fsp3) is 0.516. The minimum Gasteiger partial charge on any atom is -0.390 e. The molecule has 2 amide bonds. The van der Waals surface area contributed by atoms with Crippen molar-refractivity contribution in [2.24, 2.45) is 0 Å². The molecule has 2 aromatic rings. The molecule has 2 fully saturated rings. The molecule has 1 spiro atoms. The highest BCUT2D eigenvalue weighted by Crippen LogP contribution is 2.54. The van der Waals surface area contributed by atoms with E-state index in [4.69, 9.17) is 0 Å². The molecule has 0 bridgehead atoms. The zero-order chi connectivity index (χ0) is 27.1. The molecule has 1 atom stereocenters. The molecule has 0 aromatic heterocycles. The van der Waals surface area contributed by atoms with Crippen LogP contribution in [-0.2, 0) is 23.2 Å². The Kier molecular flexibility index (Phi) is 6.82. The molecule has 8 heteroatoms. The lowest BCUT2D eigenvalue weighted by molar-refractivity contribution is -0.129. The number of anilines is 1. The van der Waals surface area contributed by atoms with Crippen LogP contribution in [0.1, 0.15) is 65.2 Å². The Morgan fingerprint density at radius 3 is 2.59 bits per heavy atom. The van der Waals surface area contributed by atoms with Gasteiger partial charge in [0.15, 0.2) is 0 Å². The lowest BCUT2D eigenvalue weighted by atomic mass is 9.82. The van der Waals surface area contributed by atoms with Gasteiger partial charge in [-0.25, -0.2) is 0 Å². The number of aliphatic hydroxyl groups excluding tert-OH is 1. The summed E-state index contributed by atoms with van der Waals surface area (Å²) in [5.41, 5.74) is 5.37. The Bertz CT molecular complexity index is 1320. The zero-order valence-electron chi connectivity index (χ0n) is 22.7. The van der Waals surface area contributed by atoms with E-state index in [1.165, 1.54) is 11.1 Å². The maximum Gasteiger partial charge on any atom is 0.254 e. The Morgan fingerprint density at radius 2 is 1.90 bits per heavy atom. The van der Waals surface area contributed by atoms with Gasteiger partial charge in [-0.15, -0.1) is 0 Å². The van der Waals surface area contributed by atoms with Crippen LogP contribution in [0.5, 0.6) is 0 Å². The van der Waals surface area contributed by atoms with Gasteiger partial charge in [0.05, 0.1) is 17.7 Å². The molecule has 39 heavy (non-hydrogen) atoms. The summed E-state index contributed by atoms with van der Waals surface area (Å²) in [5, 5.41) is 24.6. The summed E-state index contributed by atoms with van der Waals surface area (Å²) < 4.78 is 0. The number of nitriles is 1. The standard InChI is InChI=1S/C31H37N5O3/c1-21(37)35-12-7-25(8-13-35)33-26-14-24(16-32)29-28(15-26)30(39)36(20-31(29)9-10-31)19-27(38)18-34-11-6-22-4-2-3-5-23(22)17-34/h2-5,14-15,25,27,33,38H,6-13,17-20H2,1H3/t27-/m1/s1. The van der Waals surface area contributed by atoms with Crippen LogP contribution < -0.4 is 5.32 Å². The van der Waals surface area contributed by atoms with E-state index in [0.29, 0.717) is 43.9 Å². The maximum absolute atomic E-state index is 13.8. The smallest absolute Gasteiger partial charge is 0.254 e. The fourth-order valence-electron chi connectivity index (χ4n) is 6.84. The van der Waals surface area contributed by atoms with Gasteiger partial charge in [-0.05, 0) is 60.9 Å². The molecule has 3 aliphatic heterocycles. The van der Waals surface area contributed by atoms with E-state index in [-0.39, 0.29) is 23.3 Å². The average molecular weight is 528 g/mol. The molecule has 8 nitrogen and oxygen atoms in total. The third-order valence-corrected chi connectivity index (χ3v) is 9.07. The number of rotatable bonds is 6. The van der Waals surface area contributed by atoms with Crippen LogP contribution in [0, 0.1) is 11.3 Å². The van der Waals surface area contributed by atoms with Gasteiger partial charge in [-0.1, -0.05) is 24.3 Å². The molecular formula is C31H37N5O3. The van der Waals surface area contributed by atoms with Crippen molar-refractivity contribution in [2.75, 3.05) is 44.6 Å². The molecule has 204 valence electrons. The Morgan fingerprint density at radius 1 is 1.15 bits per heavy atom. The lowest BCUT2D eigenvalue weighted by Gasteiger charge is -2.38. The molecule has 4 aliphatic rings. The molecule has 1 aliphatic carbocycles. The number of hydrogen-bond donors (Lipinski definition) is 2. The highest BCUT2D eigenvalue weighted by Gasteiger charge is 2.53. The average Bonchev–Trinajstić information content (AvgIpc) is 3.71. The summed E-state index contributed by atoms with van der Waals surface area (Å²) >= 11 is 0. The minimum absolute atomic E-state index is 0.0988. The molecule has 0 radical (unpaired) electrons. The topological polar surface area (TPSA) is 99.9 Å². The summed E-state index contributed by atoms with van der Waals surface area (Å²) in [4.78, 5) is 31.4. The van der Waals surface area contributed by atoms with Gasteiger partial charge in [0.1, 0.15) is 0 Å². The van der Waals surface area contributed by atoms with Crippen LogP contribution in [0.15, 0.2) is 36.4 Å². The Balaban J connectivity index is 1.16. The first-order chi connectivity index (χ1) is 18.8. The normalized spacial score (nSPS) is 21.2. The van der Waals surface area contributed by atoms with Crippen LogP contribution in [0.3, 0.4) is 0 Å². The van der Waals surface area contributed by atoms with Crippen LogP contribution in [0.4, 0.5) is 5.69 Å². The van der Waals surface area contributed by atoms with Crippen molar-refractivity contribution < 1.29 is 14.7 Å². The zero-order valence-corrected chi connectivity index (χ0v) is 22.7. The molecular weight excluding hydrogens is 490 g/mol. The van der Waals surface area contributed by atoms with Crippen molar-refractivity contribution in [3.63, 3.8) is 0 Å². The SMILES string of the molecule is CC(=O)N1CCC(Nc2cc(C#N)c3c(c2)C(=O)N(C[C@H](O)CN2CCc4ccccc4C2)CC32CC2)CC1. The minimum atomic E-state index is -0.639. The monoisotopic (exact) mass is 527 g/mol.